The predicted molar refractivity (Wildman–Crippen MR) is 60.2 cm³/mol. The lowest BCUT2D eigenvalue weighted by atomic mass is 10.2. The summed E-state index contributed by atoms with van der Waals surface area (Å²) in [7, 11) is 0. The van der Waals surface area contributed by atoms with Crippen molar-refractivity contribution in [3.63, 3.8) is 0 Å². The Bertz CT molecular complexity index is 256. The van der Waals surface area contributed by atoms with Crippen molar-refractivity contribution < 1.29 is 0 Å². The van der Waals surface area contributed by atoms with E-state index >= 15 is 0 Å². The van der Waals surface area contributed by atoms with Crippen molar-refractivity contribution in [2.45, 2.75) is 30.4 Å². The molecule has 1 unspecified atom stereocenters. The maximum absolute atomic E-state index is 5.65. The normalized spacial score (nSPS) is 12.8. The number of rotatable bonds is 4. The van der Waals surface area contributed by atoms with Crippen molar-refractivity contribution in [3.8, 4) is 0 Å². The van der Waals surface area contributed by atoms with Crippen LogP contribution in [0, 0.1) is 6.92 Å². The fraction of sp³-hybridized carbons (Fsp3) is 0.455. The van der Waals surface area contributed by atoms with Crippen LogP contribution in [0.2, 0.25) is 0 Å². The van der Waals surface area contributed by atoms with Crippen LogP contribution in [0.15, 0.2) is 29.2 Å². The van der Waals surface area contributed by atoms with Crippen molar-refractivity contribution in [2.75, 3.05) is 6.54 Å². The van der Waals surface area contributed by atoms with Gasteiger partial charge in [0.15, 0.2) is 0 Å². The summed E-state index contributed by atoms with van der Waals surface area (Å²) >= 11 is 1.88. The van der Waals surface area contributed by atoms with Gasteiger partial charge in [-0.15, -0.1) is 11.8 Å². The molecule has 2 N–H and O–H groups in total. The molecule has 1 atom stereocenters. The molecule has 0 saturated heterocycles. The molecule has 0 fully saturated rings. The van der Waals surface area contributed by atoms with Gasteiger partial charge in [-0.2, -0.15) is 0 Å². The van der Waals surface area contributed by atoms with Gasteiger partial charge < -0.3 is 5.73 Å². The molecular weight excluding hydrogens is 178 g/mol. The second-order valence-electron chi connectivity index (χ2n) is 3.20. The van der Waals surface area contributed by atoms with E-state index in [4.69, 9.17) is 5.73 Å². The Labute approximate surface area is 84.7 Å². The number of benzene rings is 1. The Balaban J connectivity index is 2.62. The number of nitrogens with two attached hydrogens (primary N) is 1. The van der Waals surface area contributed by atoms with Crippen LogP contribution in [-0.4, -0.2) is 11.8 Å². The van der Waals surface area contributed by atoms with Crippen molar-refractivity contribution >= 4 is 11.8 Å². The number of thioether (sulfide) groups is 1. The minimum absolute atomic E-state index is 0.557. The molecule has 0 amide bonds. The van der Waals surface area contributed by atoms with Gasteiger partial charge in [-0.3, -0.25) is 0 Å². The van der Waals surface area contributed by atoms with Gasteiger partial charge in [0.05, 0.1) is 0 Å². The topological polar surface area (TPSA) is 26.0 Å². The molecule has 0 bridgehead atoms. The van der Waals surface area contributed by atoms with Gasteiger partial charge >= 0.3 is 0 Å². The van der Waals surface area contributed by atoms with Crippen LogP contribution in [0.4, 0.5) is 0 Å². The van der Waals surface area contributed by atoms with Crippen LogP contribution < -0.4 is 5.73 Å². The Morgan fingerprint density at radius 2 is 2.23 bits per heavy atom. The van der Waals surface area contributed by atoms with Crippen molar-refractivity contribution in [3.05, 3.63) is 29.8 Å². The molecule has 0 aliphatic heterocycles. The van der Waals surface area contributed by atoms with E-state index in [0.29, 0.717) is 5.25 Å². The van der Waals surface area contributed by atoms with Crippen molar-refractivity contribution in [2.24, 2.45) is 5.73 Å². The highest BCUT2D eigenvalue weighted by atomic mass is 32.2. The van der Waals surface area contributed by atoms with Gasteiger partial charge in [0.25, 0.3) is 0 Å². The molecule has 0 radical (unpaired) electrons. The zero-order valence-corrected chi connectivity index (χ0v) is 9.10. The molecule has 0 aliphatic rings. The summed E-state index contributed by atoms with van der Waals surface area (Å²) in [5, 5.41) is 0.557. The predicted octanol–water partition coefficient (Wildman–Crippen LogP) is 2.82. The summed E-state index contributed by atoms with van der Waals surface area (Å²) in [6.45, 7) is 5.06. The van der Waals surface area contributed by atoms with Gasteiger partial charge in [0, 0.05) is 16.7 Å². The third kappa shape index (κ3) is 3.41. The summed E-state index contributed by atoms with van der Waals surface area (Å²) in [4.78, 5) is 1.33. The Morgan fingerprint density at radius 3 is 2.77 bits per heavy atom. The second-order valence-corrected chi connectivity index (χ2v) is 4.57. The summed E-state index contributed by atoms with van der Waals surface area (Å²) in [5.41, 5.74) is 6.96. The van der Waals surface area contributed by atoms with Crippen LogP contribution >= 0.6 is 11.8 Å². The van der Waals surface area contributed by atoms with E-state index in [0.717, 1.165) is 13.0 Å². The number of aryl methyl sites for hydroxylation is 1. The molecule has 13 heavy (non-hydrogen) atoms. The SMILES string of the molecule is CCC(CN)Sc1cccc(C)c1. The van der Waals surface area contributed by atoms with Gasteiger partial charge in [0.1, 0.15) is 0 Å². The van der Waals surface area contributed by atoms with E-state index in [1.54, 1.807) is 0 Å². The lowest BCUT2D eigenvalue weighted by molar-refractivity contribution is 0.827. The Kier molecular flexibility index (Phi) is 4.33. The van der Waals surface area contributed by atoms with Gasteiger partial charge in [-0.25, -0.2) is 0 Å². The van der Waals surface area contributed by atoms with Crippen molar-refractivity contribution in [1.82, 2.24) is 0 Å². The van der Waals surface area contributed by atoms with Crippen LogP contribution in [0.25, 0.3) is 0 Å². The van der Waals surface area contributed by atoms with Gasteiger partial charge in [0.2, 0.25) is 0 Å². The first kappa shape index (κ1) is 10.6. The highest BCUT2D eigenvalue weighted by molar-refractivity contribution is 8.00. The smallest absolute Gasteiger partial charge is 0.0214 e. The molecule has 1 aromatic rings. The number of hydrogen-bond donors (Lipinski definition) is 1. The fourth-order valence-corrected chi connectivity index (χ4v) is 2.24. The minimum Gasteiger partial charge on any atom is -0.329 e. The Morgan fingerprint density at radius 1 is 1.46 bits per heavy atom. The third-order valence-electron chi connectivity index (χ3n) is 2.01. The molecule has 72 valence electrons. The summed E-state index contributed by atoms with van der Waals surface area (Å²) in [5.74, 6) is 0. The molecule has 0 spiro atoms. The maximum Gasteiger partial charge on any atom is 0.0214 e. The monoisotopic (exact) mass is 195 g/mol. The summed E-state index contributed by atoms with van der Waals surface area (Å²) < 4.78 is 0. The standard InChI is InChI=1S/C11H17NS/c1-3-10(8-12)13-11-6-4-5-9(2)7-11/h4-7,10H,3,8,12H2,1-2H3. The second kappa shape index (κ2) is 5.30. The van der Waals surface area contributed by atoms with E-state index in [1.807, 2.05) is 11.8 Å². The quantitative estimate of drug-likeness (QED) is 0.748. The van der Waals surface area contributed by atoms with E-state index in [9.17, 15) is 0 Å². The summed E-state index contributed by atoms with van der Waals surface area (Å²) in [6, 6.07) is 8.58. The molecule has 0 saturated carbocycles. The van der Waals surface area contributed by atoms with E-state index in [2.05, 4.69) is 38.1 Å². The molecule has 2 heteroatoms. The molecule has 0 aromatic heterocycles. The summed E-state index contributed by atoms with van der Waals surface area (Å²) in [6.07, 6.45) is 1.13. The molecule has 0 aliphatic carbocycles. The Hall–Kier alpha value is -0.470. The fourth-order valence-electron chi connectivity index (χ4n) is 1.18. The van der Waals surface area contributed by atoms with E-state index in [-0.39, 0.29) is 0 Å². The molecule has 0 heterocycles. The van der Waals surface area contributed by atoms with Gasteiger partial charge in [-0.1, -0.05) is 24.6 Å². The average molecular weight is 195 g/mol. The highest BCUT2D eigenvalue weighted by Gasteiger charge is 2.05. The lowest BCUT2D eigenvalue weighted by Crippen LogP contribution is -2.15. The van der Waals surface area contributed by atoms with E-state index < -0.39 is 0 Å². The first-order valence-corrected chi connectivity index (χ1v) is 5.57. The molecule has 1 nitrogen and oxygen atoms in total. The van der Waals surface area contributed by atoms with Crippen LogP contribution in [0.3, 0.4) is 0 Å². The zero-order valence-electron chi connectivity index (χ0n) is 8.29. The maximum atomic E-state index is 5.65. The first-order valence-electron chi connectivity index (χ1n) is 4.69. The average Bonchev–Trinajstić information content (AvgIpc) is 2.14. The van der Waals surface area contributed by atoms with Crippen LogP contribution in [-0.2, 0) is 0 Å². The molecule has 1 rings (SSSR count). The minimum atomic E-state index is 0.557. The van der Waals surface area contributed by atoms with Crippen LogP contribution in [0.1, 0.15) is 18.9 Å². The molecule has 1 aromatic carbocycles. The van der Waals surface area contributed by atoms with Crippen molar-refractivity contribution in [1.29, 1.82) is 0 Å². The van der Waals surface area contributed by atoms with Crippen LogP contribution in [0.5, 0.6) is 0 Å². The third-order valence-corrected chi connectivity index (χ3v) is 3.40. The zero-order chi connectivity index (χ0) is 9.68. The van der Waals surface area contributed by atoms with Gasteiger partial charge in [-0.05, 0) is 25.5 Å². The highest BCUT2D eigenvalue weighted by Crippen LogP contribution is 2.25. The van der Waals surface area contributed by atoms with E-state index in [1.165, 1.54) is 10.5 Å². The molecular formula is C11H17NS. The number of hydrogen-bond acceptors (Lipinski definition) is 2. The lowest BCUT2D eigenvalue weighted by Gasteiger charge is -2.11. The first-order chi connectivity index (χ1) is 6.26. The largest absolute Gasteiger partial charge is 0.329 e.